The SMILES string of the molecule is COCn1ccc2c(OC(C)C)cccc21. The van der Waals surface area contributed by atoms with Gasteiger partial charge in [-0.2, -0.15) is 0 Å². The van der Waals surface area contributed by atoms with E-state index in [4.69, 9.17) is 9.47 Å². The molecule has 1 aromatic heterocycles. The molecule has 0 aliphatic rings. The minimum absolute atomic E-state index is 0.191. The van der Waals surface area contributed by atoms with Gasteiger partial charge in [-0.3, -0.25) is 0 Å². The van der Waals surface area contributed by atoms with E-state index in [2.05, 4.69) is 16.7 Å². The number of hydrogen-bond donors (Lipinski definition) is 0. The van der Waals surface area contributed by atoms with Crippen LogP contribution in [0.3, 0.4) is 0 Å². The van der Waals surface area contributed by atoms with Gasteiger partial charge in [-0.25, -0.2) is 0 Å². The highest BCUT2D eigenvalue weighted by Gasteiger charge is 2.07. The van der Waals surface area contributed by atoms with Crippen molar-refractivity contribution >= 4 is 10.9 Å². The highest BCUT2D eigenvalue weighted by Crippen LogP contribution is 2.27. The molecule has 0 amide bonds. The van der Waals surface area contributed by atoms with E-state index in [9.17, 15) is 0 Å². The van der Waals surface area contributed by atoms with Crippen molar-refractivity contribution in [2.75, 3.05) is 7.11 Å². The molecule has 16 heavy (non-hydrogen) atoms. The Balaban J connectivity index is 2.44. The number of hydrogen-bond acceptors (Lipinski definition) is 2. The Hall–Kier alpha value is -1.48. The molecule has 2 aromatic rings. The summed E-state index contributed by atoms with van der Waals surface area (Å²) >= 11 is 0. The molecule has 0 saturated carbocycles. The summed E-state index contributed by atoms with van der Waals surface area (Å²) in [6.45, 7) is 4.63. The van der Waals surface area contributed by atoms with Gasteiger partial charge in [-0.05, 0) is 32.0 Å². The van der Waals surface area contributed by atoms with Crippen molar-refractivity contribution < 1.29 is 9.47 Å². The van der Waals surface area contributed by atoms with Crippen LogP contribution >= 0.6 is 0 Å². The lowest BCUT2D eigenvalue weighted by molar-refractivity contribution is 0.135. The lowest BCUT2D eigenvalue weighted by atomic mass is 10.2. The molecule has 0 spiro atoms. The third-order valence-electron chi connectivity index (χ3n) is 2.40. The van der Waals surface area contributed by atoms with Gasteiger partial charge in [0.1, 0.15) is 12.5 Å². The summed E-state index contributed by atoms with van der Waals surface area (Å²) in [4.78, 5) is 0. The van der Waals surface area contributed by atoms with Crippen LogP contribution in [-0.4, -0.2) is 17.8 Å². The Bertz CT molecular complexity index is 474. The largest absolute Gasteiger partial charge is 0.490 e. The van der Waals surface area contributed by atoms with Crippen LogP contribution in [0.1, 0.15) is 13.8 Å². The maximum Gasteiger partial charge on any atom is 0.129 e. The number of rotatable bonds is 4. The Morgan fingerprint density at radius 1 is 1.25 bits per heavy atom. The molecule has 0 radical (unpaired) electrons. The molecule has 0 atom stereocenters. The third kappa shape index (κ3) is 2.04. The van der Waals surface area contributed by atoms with E-state index in [1.165, 1.54) is 0 Å². The van der Waals surface area contributed by atoms with E-state index in [1.54, 1.807) is 7.11 Å². The van der Waals surface area contributed by atoms with Gasteiger partial charge in [0.25, 0.3) is 0 Å². The number of aromatic nitrogens is 1. The first kappa shape index (κ1) is 11.0. The maximum absolute atomic E-state index is 5.76. The molecular weight excluding hydrogens is 202 g/mol. The molecule has 0 saturated heterocycles. The van der Waals surface area contributed by atoms with Crippen molar-refractivity contribution in [3.8, 4) is 5.75 Å². The average molecular weight is 219 g/mol. The van der Waals surface area contributed by atoms with Crippen LogP contribution < -0.4 is 4.74 Å². The van der Waals surface area contributed by atoms with Crippen molar-refractivity contribution in [3.63, 3.8) is 0 Å². The fourth-order valence-corrected chi connectivity index (χ4v) is 1.80. The molecule has 3 nitrogen and oxygen atoms in total. The zero-order chi connectivity index (χ0) is 11.5. The molecule has 1 aromatic carbocycles. The second-order valence-corrected chi connectivity index (χ2v) is 4.06. The standard InChI is InChI=1S/C13H17NO2/c1-10(2)16-13-6-4-5-12-11(13)7-8-14(12)9-15-3/h4-8,10H,9H2,1-3H3. The smallest absolute Gasteiger partial charge is 0.129 e. The van der Waals surface area contributed by atoms with Crippen LogP contribution in [-0.2, 0) is 11.5 Å². The Morgan fingerprint density at radius 3 is 2.75 bits per heavy atom. The van der Waals surface area contributed by atoms with E-state index < -0.39 is 0 Å². The highest BCUT2D eigenvalue weighted by atomic mass is 16.5. The molecule has 0 aliphatic carbocycles. The second kappa shape index (κ2) is 4.58. The monoisotopic (exact) mass is 219 g/mol. The van der Waals surface area contributed by atoms with Crippen molar-refractivity contribution in [2.45, 2.75) is 26.7 Å². The van der Waals surface area contributed by atoms with Crippen LogP contribution in [0.2, 0.25) is 0 Å². The second-order valence-electron chi connectivity index (χ2n) is 4.06. The molecule has 1 heterocycles. The predicted octanol–water partition coefficient (Wildman–Crippen LogP) is 3.03. The van der Waals surface area contributed by atoms with E-state index >= 15 is 0 Å². The van der Waals surface area contributed by atoms with Crippen LogP contribution in [0.5, 0.6) is 5.75 Å². The summed E-state index contributed by atoms with van der Waals surface area (Å²) in [7, 11) is 1.69. The molecule has 0 unspecified atom stereocenters. The predicted molar refractivity (Wildman–Crippen MR) is 64.7 cm³/mol. The topological polar surface area (TPSA) is 23.4 Å². The third-order valence-corrected chi connectivity index (χ3v) is 2.40. The number of nitrogens with zero attached hydrogens (tertiary/aromatic N) is 1. The zero-order valence-corrected chi connectivity index (χ0v) is 9.93. The summed E-state index contributed by atoms with van der Waals surface area (Å²) in [6.07, 6.45) is 2.21. The van der Waals surface area contributed by atoms with Gasteiger partial charge in [-0.1, -0.05) is 6.07 Å². The number of ether oxygens (including phenoxy) is 2. The van der Waals surface area contributed by atoms with E-state index in [0.29, 0.717) is 6.73 Å². The van der Waals surface area contributed by atoms with Gasteiger partial charge < -0.3 is 14.0 Å². The lowest BCUT2D eigenvalue weighted by Crippen LogP contribution is -2.05. The average Bonchev–Trinajstić information content (AvgIpc) is 2.63. The quantitative estimate of drug-likeness (QED) is 0.789. The van der Waals surface area contributed by atoms with Crippen molar-refractivity contribution in [2.24, 2.45) is 0 Å². The Labute approximate surface area is 95.6 Å². The number of benzene rings is 1. The minimum atomic E-state index is 0.191. The van der Waals surface area contributed by atoms with Crippen LogP contribution in [0, 0.1) is 0 Å². The Morgan fingerprint density at radius 2 is 2.06 bits per heavy atom. The molecule has 86 valence electrons. The van der Waals surface area contributed by atoms with E-state index in [-0.39, 0.29) is 6.10 Å². The van der Waals surface area contributed by atoms with Gasteiger partial charge in [0.15, 0.2) is 0 Å². The van der Waals surface area contributed by atoms with Crippen LogP contribution in [0.25, 0.3) is 10.9 Å². The van der Waals surface area contributed by atoms with Crippen molar-refractivity contribution in [1.82, 2.24) is 4.57 Å². The molecule has 0 aliphatic heterocycles. The maximum atomic E-state index is 5.76. The molecular formula is C13H17NO2. The normalized spacial score (nSPS) is 11.2. The van der Waals surface area contributed by atoms with Crippen LogP contribution in [0.15, 0.2) is 30.5 Å². The Kier molecular flexibility index (Phi) is 3.15. The number of fused-ring (bicyclic) bond motifs is 1. The molecule has 3 heteroatoms. The van der Waals surface area contributed by atoms with Gasteiger partial charge in [0, 0.05) is 18.7 Å². The summed E-state index contributed by atoms with van der Waals surface area (Å²) in [5.74, 6) is 0.933. The fourth-order valence-electron chi connectivity index (χ4n) is 1.80. The van der Waals surface area contributed by atoms with Crippen molar-refractivity contribution in [3.05, 3.63) is 30.5 Å². The van der Waals surface area contributed by atoms with Crippen LogP contribution in [0.4, 0.5) is 0 Å². The number of methoxy groups -OCH3 is 1. The van der Waals surface area contributed by atoms with Gasteiger partial charge in [0.05, 0.1) is 11.6 Å². The first-order valence-corrected chi connectivity index (χ1v) is 5.46. The van der Waals surface area contributed by atoms with Crippen molar-refractivity contribution in [1.29, 1.82) is 0 Å². The fraction of sp³-hybridized carbons (Fsp3) is 0.385. The summed E-state index contributed by atoms with van der Waals surface area (Å²) < 4.78 is 13.0. The highest BCUT2D eigenvalue weighted by molar-refractivity contribution is 5.86. The van der Waals surface area contributed by atoms with E-state index in [0.717, 1.165) is 16.7 Å². The first-order valence-electron chi connectivity index (χ1n) is 5.46. The lowest BCUT2D eigenvalue weighted by Gasteiger charge is -2.11. The molecule has 0 bridgehead atoms. The van der Waals surface area contributed by atoms with Gasteiger partial charge in [-0.15, -0.1) is 0 Å². The van der Waals surface area contributed by atoms with Gasteiger partial charge >= 0.3 is 0 Å². The minimum Gasteiger partial charge on any atom is -0.490 e. The van der Waals surface area contributed by atoms with Gasteiger partial charge in [0.2, 0.25) is 0 Å². The molecule has 0 fully saturated rings. The van der Waals surface area contributed by atoms with E-state index in [1.807, 2.05) is 32.2 Å². The first-order chi connectivity index (χ1) is 7.72. The zero-order valence-electron chi connectivity index (χ0n) is 9.93. The summed E-state index contributed by atoms with van der Waals surface area (Å²) in [5.41, 5.74) is 1.14. The molecule has 0 N–H and O–H groups in total. The summed E-state index contributed by atoms with van der Waals surface area (Å²) in [6, 6.07) is 8.14. The summed E-state index contributed by atoms with van der Waals surface area (Å²) in [5, 5.41) is 1.13. The molecule has 2 rings (SSSR count).